The Morgan fingerprint density at radius 2 is 1.90 bits per heavy atom. The van der Waals surface area contributed by atoms with E-state index < -0.39 is 0 Å². The van der Waals surface area contributed by atoms with Crippen LogP contribution >= 0.6 is 0 Å². The Morgan fingerprint density at radius 1 is 1.17 bits per heavy atom. The molecular weight excluding hydrogens is 371 g/mol. The van der Waals surface area contributed by atoms with Gasteiger partial charge in [0.2, 0.25) is 0 Å². The van der Waals surface area contributed by atoms with Crippen molar-refractivity contribution >= 4 is 5.91 Å². The molecule has 1 unspecified atom stereocenters. The van der Waals surface area contributed by atoms with E-state index in [0.717, 1.165) is 26.2 Å². The van der Waals surface area contributed by atoms with Gasteiger partial charge >= 0.3 is 0 Å². The number of amides is 1. The lowest BCUT2D eigenvalue weighted by atomic mass is 10.1. The van der Waals surface area contributed by atoms with Gasteiger partial charge < -0.3 is 14.5 Å². The Kier molecular flexibility index (Phi) is 7.69. The second kappa shape index (κ2) is 10.4. The van der Waals surface area contributed by atoms with Crippen molar-refractivity contribution in [1.29, 1.82) is 0 Å². The highest BCUT2D eigenvalue weighted by Crippen LogP contribution is 2.13. The van der Waals surface area contributed by atoms with E-state index in [9.17, 15) is 9.18 Å². The number of pyridine rings is 1. The summed E-state index contributed by atoms with van der Waals surface area (Å²) in [4.78, 5) is 23.3. The van der Waals surface area contributed by atoms with Gasteiger partial charge in [-0.05, 0) is 56.1 Å². The summed E-state index contributed by atoms with van der Waals surface area (Å²) in [5.74, 6) is -0.439. The zero-order chi connectivity index (χ0) is 20.6. The van der Waals surface area contributed by atoms with E-state index in [1.807, 2.05) is 36.0 Å². The van der Waals surface area contributed by atoms with Gasteiger partial charge in [-0.1, -0.05) is 0 Å². The number of ether oxygens (including phenoxy) is 1. The highest BCUT2D eigenvalue weighted by atomic mass is 19.1. The lowest BCUT2D eigenvalue weighted by Gasteiger charge is -2.36. The molecule has 0 saturated carbocycles. The fourth-order valence-corrected chi connectivity index (χ4v) is 3.40. The van der Waals surface area contributed by atoms with Crippen LogP contribution in [0.15, 0.2) is 48.8 Å². The van der Waals surface area contributed by atoms with E-state index in [0.29, 0.717) is 25.3 Å². The second-order valence-electron chi connectivity index (χ2n) is 7.64. The van der Waals surface area contributed by atoms with Crippen LogP contribution in [0.25, 0.3) is 0 Å². The summed E-state index contributed by atoms with van der Waals surface area (Å²) in [5.41, 5.74) is 1.71. The highest BCUT2D eigenvalue weighted by Gasteiger charge is 2.25. The van der Waals surface area contributed by atoms with Crippen molar-refractivity contribution in [3.05, 3.63) is 65.7 Å². The predicted molar refractivity (Wildman–Crippen MR) is 110 cm³/mol. The van der Waals surface area contributed by atoms with E-state index in [1.165, 1.54) is 29.8 Å². The maximum atomic E-state index is 13.2. The van der Waals surface area contributed by atoms with Gasteiger partial charge in [0, 0.05) is 57.2 Å². The molecule has 156 valence electrons. The summed E-state index contributed by atoms with van der Waals surface area (Å²) in [6, 6.07) is 9.77. The molecule has 29 heavy (non-hydrogen) atoms. The van der Waals surface area contributed by atoms with Crippen molar-refractivity contribution in [2.24, 2.45) is 0 Å². The summed E-state index contributed by atoms with van der Waals surface area (Å²) in [5, 5.41) is 0. The number of benzene rings is 1. The SMILES string of the molecule is CN(C)CCN(CC1CN(Cc2ccncc2)CCO1)C(=O)c1ccc(F)cc1. The largest absolute Gasteiger partial charge is 0.374 e. The number of carbonyl (C=O) groups excluding carboxylic acids is 1. The first-order valence-corrected chi connectivity index (χ1v) is 9.93. The van der Waals surface area contributed by atoms with Crippen LogP contribution in [0.2, 0.25) is 0 Å². The van der Waals surface area contributed by atoms with Crippen molar-refractivity contribution in [2.45, 2.75) is 12.6 Å². The van der Waals surface area contributed by atoms with Crippen LogP contribution in [-0.2, 0) is 11.3 Å². The van der Waals surface area contributed by atoms with Gasteiger partial charge in [-0.2, -0.15) is 0 Å². The maximum absolute atomic E-state index is 13.2. The topological polar surface area (TPSA) is 48.9 Å². The van der Waals surface area contributed by atoms with E-state index >= 15 is 0 Å². The first-order valence-electron chi connectivity index (χ1n) is 9.93. The fraction of sp³-hybridized carbons (Fsp3) is 0.455. The number of morpholine rings is 1. The van der Waals surface area contributed by atoms with Crippen molar-refractivity contribution in [3.63, 3.8) is 0 Å². The van der Waals surface area contributed by atoms with Crippen molar-refractivity contribution in [2.75, 3.05) is 53.4 Å². The van der Waals surface area contributed by atoms with Crippen LogP contribution < -0.4 is 0 Å². The van der Waals surface area contributed by atoms with Crippen LogP contribution in [0.5, 0.6) is 0 Å². The Labute approximate surface area is 171 Å². The molecule has 2 heterocycles. The number of hydrogen-bond donors (Lipinski definition) is 0. The Hall–Kier alpha value is -2.35. The third-order valence-corrected chi connectivity index (χ3v) is 5.00. The minimum absolute atomic E-state index is 0.0582. The maximum Gasteiger partial charge on any atom is 0.253 e. The van der Waals surface area contributed by atoms with Crippen LogP contribution in [0.4, 0.5) is 4.39 Å². The smallest absolute Gasteiger partial charge is 0.253 e. The van der Waals surface area contributed by atoms with E-state index in [1.54, 1.807) is 12.4 Å². The van der Waals surface area contributed by atoms with Gasteiger partial charge in [0.05, 0.1) is 12.7 Å². The summed E-state index contributed by atoms with van der Waals surface area (Å²) in [7, 11) is 3.96. The molecule has 1 amide bonds. The average molecular weight is 400 g/mol. The number of halogens is 1. The standard InChI is InChI=1S/C22H29FN4O2/c1-25(2)11-12-27(22(28)19-3-5-20(23)6-4-19)17-21-16-26(13-14-29-21)15-18-7-9-24-10-8-18/h3-10,21H,11-17H2,1-2H3. The first kappa shape index (κ1) is 21.4. The predicted octanol–water partition coefficient (Wildman–Crippen LogP) is 2.13. The molecule has 7 heteroatoms. The highest BCUT2D eigenvalue weighted by molar-refractivity contribution is 5.94. The van der Waals surface area contributed by atoms with Gasteiger partial charge in [-0.15, -0.1) is 0 Å². The van der Waals surface area contributed by atoms with Crippen LogP contribution in [0.1, 0.15) is 15.9 Å². The molecular formula is C22H29FN4O2. The molecule has 0 spiro atoms. The minimum atomic E-state index is -0.344. The van der Waals surface area contributed by atoms with E-state index in [-0.39, 0.29) is 17.8 Å². The molecule has 3 rings (SSSR count). The van der Waals surface area contributed by atoms with Crippen molar-refractivity contribution < 1.29 is 13.9 Å². The average Bonchev–Trinajstić information content (AvgIpc) is 2.72. The molecule has 1 aliphatic heterocycles. The molecule has 0 N–H and O–H groups in total. The first-order chi connectivity index (χ1) is 14.0. The number of likely N-dealkylation sites (N-methyl/N-ethyl adjacent to an activating group) is 1. The molecule has 1 fully saturated rings. The number of aromatic nitrogens is 1. The zero-order valence-electron chi connectivity index (χ0n) is 17.1. The molecule has 1 saturated heterocycles. The second-order valence-corrected chi connectivity index (χ2v) is 7.64. The summed E-state index contributed by atoms with van der Waals surface area (Å²) < 4.78 is 19.2. The van der Waals surface area contributed by atoms with Gasteiger partial charge in [0.25, 0.3) is 5.91 Å². The molecule has 2 aromatic rings. The quantitative estimate of drug-likeness (QED) is 0.680. The lowest BCUT2D eigenvalue weighted by molar-refractivity contribution is -0.0433. The number of hydrogen-bond acceptors (Lipinski definition) is 5. The molecule has 1 aromatic carbocycles. The lowest BCUT2D eigenvalue weighted by Crippen LogP contribution is -2.49. The number of carbonyl (C=O) groups is 1. The van der Waals surface area contributed by atoms with Crippen molar-refractivity contribution in [1.82, 2.24) is 19.7 Å². The van der Waals surface area contributed by atoms with Gasteiger partial charge in [-0.25, -0.2) is 4.39 Å². The normalized spacial score (nSPS) is 17.4. The Morgan fingerprint density at radius 3 is 2.59 bits per heavy atom. The molecule has 0 bridgehead atoms. The monoisotopic (exact) mass is 400 g/mol. The molecule has 1 aliphatic rings. The molecule has 6 nitrogen and oxygen atoms in total. The fourth-order valence-electron chi connectivity index (χ4n) is 3.40. The Bertz CT molecular complexity index is 770. The van der Waals surface area contributed by atoms with Gasteiger partial charge in [-0.3, -0.25) is 14.7 Å². The van der Waals surface area contributed by atoms with Crippen LogP contribution in [0, 0.1) is 5.82 Å². The summed E-state index contributed by atoms with van der Waals surface area (Å²) in [6.07, 6.45) is 3.55. The number of rotatable bonds is 8. The third kappa shape index (κ3) is 6.59. The molecule has 0 radical (unpaired) electrons. The van der Waals surface area contributed by atoms with E-state index in [4.69, 9.17) is 4.74 Å². The van der Waals surface area contributed by atoms with Crippen molar-refractivity contribution in [3.8, 4) is 0 Å². The number of nitrogens with zero attached hydrogens (tertiary/aromatic N) is 4. The zero-order valence-corrected chi connectivity index (χ0v) is 17.1. The molecule has 1 aromatic heterocycles. The van der Waals surface area contributed by atoms with Crippen LogP contribution in [0.3, 0.4) is 0 Å². The van der Waals surface area contributed by atoms with E-state index in [2.05, 4.69) is 9.88 Å². The van der Waals surface area contributed by atoms with Crippen LogP contribution in [-0.4, -0.2) is 85.1 Å². The molecule has 0 aliphatic carbocycles. The summed E-state index contributed by atoms with van der Waals surface area (Å²) >= 11 is 0. The summed E-state index contributed by atoms with van der Waals surface area (Å²) in [6.45, 7) is 4.96. The van der Waals surface area contributed by atoms with Gasteiger partial charge in [0.1, 0.15) is 5.82 Å². The molecule has 1 atom stereocenters. The third-order valence-electron chi connectivity index (χ3n) is 5.00. The van der Waals surface area contributed by atoms with Gasteiger partial charge in [0.15, 0.2) is 0 Å². The Balaban J connectivity index is 1.64. The minimum Gasteiger partial charge on any atom is -0.374 e.